The third-order valence-electron chi connectivity index (χ3n) is 3.93. The van der Waals surface area contributed by atoms with Crippen molar-refractivity contribution in [2.45, 2.75) is 13.3 Å². The van der Waals surface area contributed by atoms with Crippen LogP contribution in [0, 0.1) is 6.92 Å². The van der Waals surface area contributed by atoms with Crippen molar-refractivity contribution in [3.63, 3.8) is 0 Å². The van der Waals surface area contributed by atoms with Gasteiger partial charge in [0.2, 0.25) is 6.35 Å². The van der Waals surface area contributed by atoms with E-state index in [1.807, 2.05) is 43.3 Å². The zero-order chi connectivity index (χ0) is 16.5. The molecule has 3 aromatic rings. The Balaban J connectivity index is 1.69. The molecule has 3 N–H and O–H groups in total. The molecule has 0 aliphatic carbocycles. The number of fused-ring (bicyclic) bond motifs is 1. The first-order chi connectivity index (χ1) is 11.7. The summed E-state index contributed by atoms with van der Waals surface area (Å²) in [5, 5.41) is 21.2. The number of rotatable bonds is 3. The average molecular weight is 320 g/mol. The highest BCUT2D eigenvalue weighted by molar-refractivity contribution is 6.02. The van der Waals surface area contributed by atoms with Gasteiger partial charge in [-0.2, -0.15) is 15.2 Å². The van der Waals surface area contributed by atoms with Crippen molar-refractivity contribution in [3.8, 4) is 0 Å². The standard InChI is InChI=1S/C17H16N6O/c1-11-14(13-4-2-3-5-15(13)20-11)10-19-23-16(21-22-17(23)24)12-6-8-18-9-7-12/h2-10,17,20,22,24H,1H3/b19-10+. The molecule has 0 bridgehead atoms. The lowest BCUT2D eigenvalue weighted by Gasteiger charge is -2.17. The number of aliphatic hydroxyl groups excluding tert-OH is 1. The van der Waals surface area contributed by atoms with E-state index >= 15 is 0 Å². The number of nitrogens with zero attached hydrogens (tertiary/aromatic N) is 4. The normalized spacial score (nSPS) is 17.5. The van der Waals surface area contributed by atoms with Crippen molar-refractivity contribution in [3.05, 3.63) is 65.6 Å². The number of para-hydroxylation sites is 1. The van der Waals surface area contributed by atoms with Gasteiger partial charge < -0.3 is 10.1 Å². The highest BCUT2D eigenvalue weighted by Gasteiger charge is 2.26. The third-order valence-corrected chi connectivity index (χ3v) is 3.93. The fourth-order valence-corrected chi connectivity index (χ4v) is 2.74. The van der Waals surface area contributed by atoms with Gasteiger partial charge in [-0.1, -0.05) is 18.2 Å². The smallest absolute Gasteiger partial charge is 0.241 e. The van der Waals surface area contributed by atoms with Crippen LogP contribution >= 0.6 is 0 Å². The highest BCUT2D eigenvalue weighted by Crippen LogP contribution is 2.21. The first kappa shape index (κ1) is 14.4. The van der Waals surface area contributed by atoms with E-state index in [2.05, 4.69) is 25.6 Å². The number of pyridine rings is 1. The minimum Gasteiger partial charge on any atom is -0.358 e. The molecular weight excluding hydrogens is 304 g/mol. The van der Waals surface area contributed by atoms with Crippen molar-refractivity contribution in [1.29, 1.82) is 0 Å². The molecule has 1 atom stereocenters. The molecule has 0 amide bonds. The van der Waals surface area contributed by atoms with Gasteiger partial charge in [0.15, 0.2) is 5.84 Å². The Kier molecular flexibility index (Phi) is 3.47. The van der Waals surface area contributed by atoms with Crippen LogP contribution in [0.1, 0.15) is 16.8 Å². The van der Waals surface area contributed by atoms with Crippen LogP contribution in [0.2, 0.25) is 0 Å². The van der Waals surface area contributed by atoms with E-state index in [4.69, 9.17) is 0 Å². The van der Waals surface area contributed by atoms with E-state index in [1.165, 1.54) is 5.01 Å². The number of aromatic nitrogens is 2. The number of aliphatic hydroxyl groups is 1. The molecule has 1 aliphatic rings. The second-order valence-corrected chi connectivity index (χ2v) is 5.47. The summed E-state index contributed by atoms with van der Waals surface area (Å²) in [5.74, 6) is 0.540. The maximum atomic E-state index is 10.1. The van der Waals surface area contributed by atoms with Gasteiger partial charge in [0.1, 0.15) is 0 Å². The summed E-state index contributed by atoms with van der Waals surface area (Å²) in [7, 11) is 0. The predicted molar refractivity (Wildman–Crippen MR) is 92.4 cm³/mol. The molecule has 1 unspecified atom stereocenters. The molecular formula is C17H16N6O. The lowest BCUT2D eigenvalue weighted by molar-refractivity contribution is 0.0435. The number of hydrazone groups is 2. The molecule has 1 aliphatic heterocycles. The molecule has 0 spiro atoms. The minimum atomic E-state index is -1.00. The van der Waals surface area contributed by atoms with Crippen molar-refractivity contribution >= 4 is 23.0 Å². The summed E-state index contributed by atoms with van der Waals surface area (Å²) < 4.78 is 0. The Morgan fingerprint density at radius 1 is 1.21 bits per heavy atom. The lowest BCUT2D eigenvalue weighted by atomic mass is 10.1. The molecule has 1 aromatic carbocycles. The first-order valence-electron chi connectivity index (χ1n) is 7.56. The molecule has 7 heteroatoms. The van der Waals surface area contributed by atoms with E-state index in [1.54, 1.807) is 18.6 Å². The predicted octanol–water partition coefficient (Wildman–Crippen LogP) is 1.75. The number of amidine groups is 1. The largest absolute Gasteiger partial charge is 0.358 e. The Morgan fingerprint density at radius 3 is 2.83 bits per heavy atom. The Labute approximate surface area is 138 Å². The number of hydrogen-bond donors (Lipinski definition) is 3. The third kappa shape index (κ3) is 2.40. The van der Waals surface area contributed by atoms with Crippen molar-refractivity contribution in [1.82, 2.24) is 20.4 Å². The zero-order valence-corrected chi connectivity index (χ0v) is 13.0. The van der Waals surface area contributed by atoms with Crippen LogP contribution in [0.15, 0.2) is 59.0 Å². The topological polar surface area (TPSA) is 88.9 Å². The van der Waals surface area contributed by atoms with E-state index < -0.39 is 6.35 Å². The van der Waals surface area contributed by atoms with Crippen LogP contribution in [-0.2, 0) is 0 Å². The summed E-state index contributed by atoms with van der Waals surface area (Å²) >= 11 is 0. The monoisotopic (exact) mass is 320 g/mol. The molecule has 2 aromatic heterocycles. The quantitative estimate of drug-likeness (QED) is 0.641. The van der Waals surface area contributed by atoms with Gasteiger partial charge in [0.25, 0.3) is 0 Å². The summed E-state index contributed by atoms with van der Waals surface area (Å²) in [4.78, 5) is 7.32. The fourth-order valence-electron chi connectivity index (χ4n) is 2.74. The summed E-state index contributed by atoms with van der Waals surface area (Å²) in [6, 6.07) is 11.7. The fraction of sp³-hybridized carbons (Fsp3) is 0.118. The molecule has 24 heavy (non-hydrogen) atoms. The van der Waals surface area contributed by atoms with Crippen molar-refractivity contribution in [2.24, 2.45) is 10.2 Å². The lowest BCUT2D eigenvalue weighted by Crippen LogP contribution is -2.36. The Hall–Kier alpha value is -3.19. The maximum Gasteiger partial charge on any atom is 0.241 e. The number of hydrogen-bond acceptors (Lipinski definition) is 6. The maximum absolute atomic E-state index is 10.1. The van der Waals surface area contributed by atoms with E-state index in [9.17, 15) is 5.11 Å². The van der Waals surface area contributed by atoms with Gasteiger partial charge in [0, 0.05) is 40.1 Å². The zero-order valence-electron chi connectivity index (χ0n) is 13.0. The Morgan fingerprint density at radius 2 is 2.00 bits per heavy atom. The van der Waals surface area contributed by atoms with Crippen molar-refractivity contribution in [2.75, 3.05) is 0 Å². The summed E-state index contributed by atoms with van der Waals surface area (Å²) in [6.07, 6.45) is 4.08. The first-order valence-corrected chi connectivity index (χ1v) is 7.56. The number of H-pyrrole nitrogens is 1. The van der Waals surface area contributed by atoms with Crippen LogP contribution < -0.4 is 5.43 Å². The van der Waals surface area contributed by atoms with Crippen LogP contribution in [0.5, 0.6) is 0 Å². The van der Waals surface area contributed by atoms with Crippen LogP contribution in [-0.4, -0.2) is 38.5 Å². The Bertz CT molecular complexity index is 931. The SMILES string of the molecule is Cc1[nH]c2ccccc2c1/C=N/N1C(c2ccncc2)=NNC1O. The van der Waals surface area contributed by atoms with E-state index in [0.717, 1.165) is 27.7 Å². The molecule has 0 saturated heterocycles. The molecule has 4 rings (SSSR count). The molecule has 3 heterocycles. The van der Waals surface area contributed by atoms with Gasteiger partial charge in [0.05, 0.1) is 6.21 Å². The van der Waals surface area contributed by atoms with E-state index in [0.29, 0.717) is 5.84 Å². The molecule has 7 nitrogen and oxygen atoms in total. The molecule has 0 fully saturated rings. The summed E-state index contributed by atoms with van der Waals surface area (Å²) in [6.45, 7) is 2.00. The van der Waals surface area contributed by atoms with Crippen LogP contribution in [0.3, 0.4) is 0 Å². The molecule has 0 saturated carbocycles. The van der Waals surface area contributed by atoms with Gasteiger partial charge >= 0.3 is 0 Å². The highest BCUT2D eigenvalue weighted by atomic mass is 16.3. The number of aromatic amines is 1. The van der Waals surface area contributed by atoms with Gasteiger partial charge in [-0.3, -0.25) is 10.4 Å². The van der Waals surface area contributed by atoms with Crippen LogP contribution in [0.4, 0.5) is 0 Å². The van der Waals surface area contributed by atoms with Crippen LogP contribution in [0.25, 0.3) is 10.9 Å². The second-order valence-electron chi connectivity index (χ2n) is 5.47. The van der Waals surface area contributed by atoms with E-state index in [-0.39, 0.29) is 0 Å². The molecule has 120 valence electrons. The van der Waals surface area contributed by atoms with Gasteiger partial charge in [-0.25, -0.2) is 0 Å². The van der Waals surface area contributed by atoms with Crippen molar-refractivity contribution < 1.29 is 5.11 Å². The second kappa shape index (κ2) is 5.78. The van der Waals surface area contributed by atoms with Gasteiger partial charge in [-0.15, -0.1) is 0 Å². The number of aryl methyl sites for hydroxylation is 1. The van der Waals surface area contributed by atoms with Gasteiger partial charge in [-0.05, 0) is 25.1 Å². The molecule has 0 radical (unpaired) electrons. The number of nitrogens with one attached hydrogen (secondary N) is 2. The number of benzene rings is 1. The minimum absolute atomic E-state index is 0.540. The average Bonchev–Trinajstić information content (AvgIpc) is 3.13. The summed E-state index contributed by atoms with van der Waals surface area (Å²) in [5.41, 5.74) is 6.51.